The molecule has 0 aromatic heterocycles. The molecule has 16 heavy (non-hydrogen) atoms. The molecular formula is C10H22N4O2. The summed E-state index contributed by atoms with van der Waals surface area (Å²) in [6.07, 6.45) is 0.411. The minimum atomic E-state index is -0.0416. The van der Waals surface area contributed by atoms with Crippen molar-refractivity contribution < 1.29 is 10.0 Å². The Bertz CT molecular complexity index is 241. The van der Waals surface area contributed by atoms with Crippen LogP contribution in [0.4, 0.5) is 0 Å². The van der Waals surface area contributed by atoms with Crippen LogP contribution in [-0.4, -0.2) is 36.1 Å². The van der Waals surface area contributed by atoms with Crippen molar-refractivity contribution in [3.05, 3.63) is 0 Å². The molecule has 0 fully saturated rings. The summed E-state index contributed by atoms with van der Waals surface area (Å²) in [6.45, 7) is 6.86. The van der Waals surface area contributed by atoms with Gasteiger partial charge in [0.1, 0.15) is 5.84 Å². The third-order valence-corrected chi connectivity index (χ3v) is 1.96. The van der Waals surface area contributed by atoms with Gasteiger partial charge >= 0.3 is 0 Å². The molecule has 0 aliphatic heterocycles. The maximum Gasteiger partial charge on any atom is 0.233 e. The van der Waals surface area contributed by atoms with Crippen molar-refractivity contribution in [2.75, 3.05) is 13.1 Å². The minimum absolute atomic E-state index is 0.000648. The maximum absolute atomic E-state index is 11.3. The molecule has 94 valence electrons. The Labute approximate surface area is 96.3 Å². The monoisotopic (exact) mass is 230 g/mol. The van der Waals surface area contributed by atoms with Gasteiger partial charge < -0.3 is 21.6 Å². The highest BCUT2D eigenvalue weighted by Gasteiger charge is 2.07. The number of carbonyl (C=O) groups excluding carboxylic acids is 1. The second-order valence-electron chi connectivity index (χ2n) is 4.28. The number of hydrogen-bond donors (Lipinski definition) is 4. The molecule has 6 heteroatoms. The predicted molar refractivity (Wildman–Crippen MR) is 63.3 cm³/mol. The van der Waals surface area contributed by atoms with E-state index >= 15 is 0 Å². The summed E-state index contributed by atoms with van der Waals surface area (Å²) in [7, 11) is 0. The molecule has 1 amide bonds. The van der Waals surface area contributed by atoms with Gasteiger partial charge in [-0.1, -0.05) is 19.0 Å². The van der Waals surface area contributed by atoms with E-state index in [2.05, 4.69) is 15.8 Å². The van der Waals surface area contributed by atoms with Gasteiger partial charge in [-0.2, -0.15) is 0 Å². The summed E-state index contributed by atoms with van der Waals surface area (Å²) in [5, 5.41) is 17.0. The smallest absolute Gasteiger partial charge is 0.233 e. The van der Waals surface area contributed by atoms with Crippen LogP contribution in [0, 0.1) is 5.92 Å². The van der Waals surface area contributed by atoms with Crippen LogP contribution >= 0.6 is 0 Å². The lowest BCUT2D eigenvalue weighted by atomic mass is 10.2. The average molecular weight is 230 g/mol. The molecular weight excluding hydrogens is 208 g/mol. The van der Waals surface area contributed by atoms with Gasteiger partial charge in [0.25, 0.3) is 0 Å². The second kappa shape index (κ2) is 7.92. The van der Waals surface area contributed by atoms with Crippen molar-refractivity contribution in [3.63, 3.8) is 0 Å². The topological polar surface area (TPSA) is 99.7 Å². The Morgan fingerprint density at radius 3 is 2.56 bits per heavy atom. The van der Waals surface area contributed by atoms with Crippen molar-refractivity contribution in [2.24, 2.45) is 16.8 Å². The van der Waals surface area contributed by atoms with Crippen LogP contribution in [-0.2, 0) is 4.79 Å². The molecule has 0 heterocycles. The highest BCUT2D eigenvalue weighted by atomic mass is 16.4. The van der Waals surface area contributed by atoms with Gasteiger partial charge in [0, 0.05) is 19.0 Å². The molecule has 0 saturated carbocycles. The van der Waals surface area contributed by atoms with E-state index in [4.69, 9.17) is 10.9 Å². The van der Waals surface area contributed by atoms with Gasteiger partial charge in [-0.15, -0.1) is 0 Å². The SMILES string of the molecule is CC(C)CNC(=O)CNC(C)CC(N)=NO. The van der Waals surface area contributed by atoms with E-state index < -0.39 is 0 Å². The molecule has 0 radical (unpaired) electrons. The van der Waals surface area contributed by atoms with E-state index in [1.54, 1.807) is 0 Å². The zero-order chi connectivity index (χ0) is 12.6. The molecule has 1 atom stereocenters. The summed E-state index contributed by atoms with van der Waals surface area (Å²) in [4.78, 5) is 11.3. The van der Waals surface area contributed by atoms with Crippen molar-refractivity contribution in [3.8, 4) is 0 Å². The summed E-state index contributed by atoms with van der Waals surface area (Å²) in [6, 6.07) is 0.000648. The summed E-state index contributed by atoms with van der Waals surface area (Å²) >= 11 is 0. The zero-order valence-electron chi connectivity index (χ0n) is 10.2. The molecule has 5 N–H and O–H groups in total. The third-order valence-electron chi connectivity index (χ3n) is 1.96. The molecule has 0 aliphatic carbocycles. The standard InChI is InChI=1S/C10H22N4O2/c1-7(2)5-13-10(15)6-12-8(3)4-9(11)14-16/h7-8,12,16H,4-6H2,1-3H3,(H2,11,14)(H,13,15). The normalized spacial score (nSPS) is 13.9. The second-order valence-corrected chi connectivity index (χ2v) is 4.28. The zero-order valence-corrected chi connectivity index (χ0v) is 10.2. The molecule has 6 nitrogen and oxygen atoms in total. The van der Waals surface area contributed by atoms with Crippen molar-refractivity contribution in [2.45, 2.75) is 33.2 Å². The minimum Gasteiger partial charge on any atom is -0.409 e. The van der Waals surface area contributed by atoms with E-state index in [1.165, 1.54) is 0 Å². The Kier molecular flexibility index (Phi) is 7.28. The first kappa shape index (κ1) is 14.7. The van der Waals surface area contributed by atoms with Gasteiger partial charge in [0.15, 0.2) is 0 Å². The van der Waals surface area contributed by atoms with Crippen molar-refractivity contribution in [1.82, 2.24) is 10.6 Å². The van der Waals surface area contributed by atoms with Gasteiger partial charge in [-0.05, 0) is 12.8 Å². The lowest BCUT2D eigenvalue weighted by Crippen LogP contribution is -2.40. The molecule has 1 unspecified atom stereocenters. The highest BCUT2D eigenvalue weighted by molar-refractivity contribution is 5.80. The maximum atomic E-state index is 11.3. The van der Waals surface area contributed by atoms with E-state index in [0.717, 1.165) is 0 Å². The average Bonchev–Trinajstić information content (AvgIpc) is 2.23. The molecule has 0 spiro atoms. The number of nitrogens with two attached hydrogens (primary N) is 1. The fourth-order valence-corrected chi connectivity index (χ4v) is 1.07. The van der Waals surface area contributed by atoms with E-state index in [1.807, 2.05) is 20.8 Å². The molecule has 0 aromatic rings. The van der Waals surface area contributed by atoms with Gasteiger partial charge in [0.05, 0.1) is 6.54 Å². The highest BCUT2D eigenvalue weighted by Crippen LogP contribution is 1.90. The summed E-state index contributed by atoms with van der Waals surface area (Å²) in [5.41, 5.74) is 5.34. The first-order valence-corrected chi connectivity index (χ1v) is 5.42. The van der Waals surface area contributed by atoms with Crippen LogP contribution in [0.3, 0.4) is 0 Å². The molecule has 0 saturated heterocycles. The molecule has 0 rings (SSSR count). The number of carbonyl (C=O) groups is 1. The van der Waals surface area contributed by atoms with Crippen LogP contribution in [0.5, 0.6) is 0 Å². The van der Waals surface area contributed by atoms with Crippen LogP contribution in [0.2, 0.25) is 0 Å². The molecule has 0 aliphatic rings. The number of nitrogens with one attached hydrogen (secondary N) is 2. The first-order chi connectivity index (χ1) is 7.45. The van der Waals surface area contributed by atoms with E-state index in [9.17, 15) is 4.79 Å². The number of amides is 1. The van der Waals surface area contributed by atoms with Crippen LogP contribution in [0.1, 0.15) is 27.2 Å². The Morgan fingerprint density at radius 1 is 1.44 bits per heavy atom. The van der Waals surface area contributed by atoms with Crippen molar-refractivity contribution in [1.29, 1.82) is 0 Å². The Hall–Kier alpha value is -1.30. The number of nitrogens with zero attached hydrogens (tertiary/aromatic N) is 1. The van der Waals surface area contributed by atoms with Crippen molar-refractivity contribution >= 4 is 11.7 Å². The number of oxime groups is 1. The Morgan fingerprint density at radius 2 is 2.06 bits per heavy atom. The largest absolute Gasteiger partial charge is 0.409 e. The lowest BCUT2D eigenvalue weighted by Gasteiger charge is -2.13. The molecule has 0 bridgehead atoms. The van der Waals surface area contributed by atoms with Crippen LogP contribution in [0.15, 0.2) is 5.16 Å². The third kappa shape index (κ3) is 8.05. The quantitative estimate of drug-likeness (QED) is 0.212. The summed E-state index contributed by atoms with van der Waals surface area (Å²) in [5.74, 6) is 0.557. The van der Waals surface area contributed by atoms with Crippen LogP contribution in [0.25, 0.3) is 0 Å². The van der Waals surface area contributed by atoms with Gasteiger partial charge in [-0.3, -0.25) is 4.79 Å². The Balaban J connectivity index is 3.67. The van der Waals surface area contributed by atoms with Crippen LogP contribution < -0.4 is 16.4 Å². The summed E-state index contributed by atoms with van der Waals surface area (Å²) < 4.78 is 0. The predicted octanol–water partition coefficient (Wildman–Crippen LogP) is -0.127. The molecule has 0 aromatic carbocycles. The fourth-order valence-electron chi connectivity index (χ4n) is 1.07. The number of hydrogen-bond acceptors (Lipinski definition) is 4. The van der Waals surface area contributed by atoms with E-state index in [-0.39, 0.29) is 24.3 Å². The number of amidine groups is 1. The van der Waals surface area contributed by atoms with E-state index in [0.29, 0.717) is 18.9 Å². The lowest BCUT2D eigenvalue weighted by molar-refractivity contribution is -0.120. The van der Waals surface area contributed by atoms with Gasteiger partial charge in [0.2, 0.25) is 5.91 Å². The van der Waals surface area contributed by atoms with Gasteiger partial charge in [-0.25, -0.2) is 0 Å². The fraction of sp³-hybridized carbons (Fsp3) is 0.800. The first-order valence-electron chi connectivity index (χ1n) is 5.42. The number of rotatable bonds is 7.